The van der Waals surface area contributed by atoms with Crippen molar-refractivity contribution >= 4 is 34.8 Å². The molecule has 17 heavy (non-hydrogen) atoms. The fraction of sp³-hybridized carbons (Fsp3) is 0.100. The molecule has 0 fully saturated rings. The van der Waals surface area contributed by atoms with Crippen molar-refractivity contribution in [2.45, 2.75) is 4.90 Å². The van der Waals surface area contributed by atoms with E-state index in [1.165, 1.54) is 0 Å². The van der Waals surface area contributed by atoms with E-state index < -0.39 is 0 Å². The number of rotatable bonds is 3. The Labute approximate surface area is 103 Å². The Morgan fingerprint density at radius 2 is 2.00 bits per heavy atom. The van der Waals surface area contributed by atoms with Gasteiger partial charge in [-0.2, -0.15) is 5.10 Å². The van der Waals surface area contributed by atoms with Crippen molar-refractivity contribution in [3.8, 4) is 0 Å². The van der Waals surface area contributed by atoms with Crippen molar-refractivity contribution < 1.29 is 0 Å². The van der Waals surface area contributed by atoms with Crippen LogP contribution in [0.15, 0.2) is 39.4 Å². The number of anilines is 2. The molecule has 0 spiro atoms. The second kappa shape index (κ2) is 4.88. The van der Waals surface area contributed by atoms with Crippen molar-refractivity contribution in [1.82, 2.24) is 10.2 Å². The lowest BCUT2D eigenvalue weighted by molar-refractivity contribution is 1.11. The molecule has 0 saturated heterocycles. The standard InChI is InChI=1S/C10H12N6S/c1-17-7-5-3-2-4-6(7)13-14-8-9(11)15-16-10(8)12/h2-5H,1H3,(H5,11,12,15,16). The number of aromatic amines is 1. The minimum absolute atomic E-state index is 0.243. The summed E-state index contributed by atoms with van der Waals surface area (Å²) in [4.78, 5) is 1.04. The van der Waals surface area contributed by atoms with Crippen LogP contribution in [0.5, 0.6) is 0 Å². The van der Waals surface area contributed by atoms with E-state index in [4.69, 9.17) is 11.5 Å². The highest BCUT2D eigenvalue weighted by atomic mass is 32.2. The van der Waals surface area contributed by atoms with Gasteiger partial charge in [0, 0.05) is 4.90 Å². The first-order valence-corrected chi connectivity index (χ1v) is 6.09. The van der Waals surface area contributed by atoms with Gasteiger partial charge in [-0.25, -0.2) is 0 Å². The number of hydrogen-bond donors (Lipinski definition) is 3. The van der Waals surface area contributed by atoms with Crippen LogP contribution in [0.4, 0.5) is 23.0 Å². The van der Waals surface area contributed by atoms with E-state index >= 15 is 0 Å². The number of azo groups is 1. The molecule has 0 unspecified atom stereocenters. The van der Waals surface area contributed by atoms with Gasteiger partial charge in [-0.1, -0.05) is 12.1 Å². The van der Waals surface area contributed by atoms with Gasteiger partial charge in [-0.3, -0.25) is 5.10 Å². The van der Waals surface area contributed by atoms with Gasteiger partial charge in [0.25, 0.3) is 0 Å². The van der Waals surface area contributed by atoms with E-state index in [1.807, 2.05) is 30.5 Å². The van der Waals surface area contributed by atoms with Gasteiger partial charge < -0.3 is 11.5 Å². The molecule has 1 aromatic carbocycles. The average molecular weight is 248 g/mol. The number of nitrogens with two attached hydrogens (primary N) is 2. The van der Waals surface area contributed by atoms with E-state index in [2.05, 4.69) is 20.4 Å². The maximum atomic E-state index is 5.62. The van der Waals surface area contributed by atoms with E-state index in [1.54, 1.807) is 11.8 Å². The summed E-state index contributed by atoms with van der Waals surface area (Å²) in [5, 5.41) is 14.4. The Bertz CT molecular complexity index is 528. The monoisotopic (exact) mass is 248 g/mol. The molecular weight excluding hydrogens is 236 g/mol. The molecule has 0 bridgehead atoms. The fourth-order valence-corrected chi connectivity index (χ4v) is 1.82. The Hall–Kier alpha value is -2.02. The smallest absolute Gasteiger partial charge is 0.175 e. The Kier molecular flexibility index (Phi) is 3.29. The van der Waals surface area contributed by atoms with Crippen LogP contribution >= 0.6 is 11.8 Å². The minimum atomic E-state index is 0.243. The van der Waals surface area contributed by atoms with Gasteiger partial charge in [0.2, 0.25) is 0 Å². The minimum Gasteiger partial charge on any atom is -0.382 e. The topological polar surface area (TPSA) is 105 Å². The number of hydrogen-bond acceptors (Lipinski definition) is 6. The number of nitrogen functional groups attached to an aromatic ring is 2. The number of aromatic nitrogens is 2. The molecule has 1 aromatic heterocycles. The third-order valence-corrected chi connectivity index (χ3v) is 2.92. The summed E-state index contributed by atoms with van der Waals surface area (Å²) in [5.41, 5.74) is 12.4. The molecule has 0 aliphatic carbocycles. The molecule has 1 heterocycles. The fourth-order valence-electron chi connectivity index (χ4n) is 1.29. The molecule has 2 rings (SSSR count). The van der Waals surface area contributed by atoms with Crippen LogP contribution in [-0.4, -0.2) is 16.5 Å². The normalized spacial score (nSPS) is 11.1. The molecule has 88 valence electrons. The van der Waals surface area contributed by atoms with E-state index in [9.17, 15) is 0 Å². The predicted molar refractivity (Wildman–Crippen MR) is 69.8 cm³/mol. The Balaban J connectivity index is 2.32. The molecule has 0 aliphatic rings. The number of benzene rings is 1. The quantitative estimate of drug-likeness (QED) is 0.573. The summed E-state index contributed by atoms with van der Waals surface area (Å²) in [5.74, 6) is 0.556. The van der Waals surface area contributed by atoms with Gasteiger partial charge in [0.15, 0.2) is 11.5 Å². The van der Waals surface area contributed by atoms with Crippen LogP contribution in [0.2, 0.25) is 0 Å². The largest absolute Gasteiger partial charge is 0.382 e. The predicted octanol–water partition coefficient (Wildman–Crippen LogP) is 2.71. The van der Waals surface area contributed by atoms with Gasteiger partial charge >= 0.3 is 0 Å². The van der Waals surface area contributed by atoms with Gasteiger partial charge in [-0.05, 0) is 18.4 Å². The molecule has 5 N–H and O–H groups in total. The van der Waals surface area contributed by atoms with Crippen molar-refractivity contribution in [2.24, 2.45) is 10.2 Å². The first-order valence-electron chi connectivity index (χ1n) is 4.86. The second-order valence-electron chi connectivity index (χ2n) is 3.24. The maximum Gasteiger partial charge on any atom is 0.175 e. The number of nitrogens with one attached hydrogen (secondary N) is 1. The molecule has 0 saturated carbocycles. The summed E-state index contributed by atoms with van der Waals surface area (Å²) >= 11 is 1.60. The summed E-state index contributed by atoms with van der Waals surface area (Å²) in [6, 6.07) is 7.70. The lowest BCUT2D eigenvalue weighted by Gasteiger charge is -1.99. The second-order valence-corrected chi connectivity index (χ2v) is 4.09. The van der Waals surface area contributed by atoms with Crippen LogP contribution in [-0.2, 0) is 0 Å². The molecular formula is C10H12N6S. The molecule has 6 nitrogen and oxygen atoms in total. The molecule has 7 heteroatoms. The highest BCUT2D eigenvalue weighted by Crippen LogP contribution is 2.31. The maximum absolute atomic E-state index is 5.62. The van der Waals surface area contributed by atoms with Crippen LogP contribution in [0.1, 0.15) is 0 Å². The van der Waals surface area contributed by atoms with Crippen LogP contribution in [0.3, 0.4) is 0 Å². The Morgan fingerprint density at radius 3 is 2.65 bits per heavy atom. The first-order chi connectivity index (χ1) is 8.22. The third-order valence-electron chi connectivity index (χ3n) is 2.14. The zero-order valence-corrected chi connectivity index (χ0v) is 10.0. The molecule has 0 atom stereocenters. The van der Waals surface area contributed by atoms with Crippen molar-refractivity contribution in [3.05, 3.63) is 24.3 Å². The van der Waals surface area contributed by atoms with Gasteiger partial charge in [0.05, 0.1) is 5.69 Å². The summed E-state index contributed by atoms with van der Waals surface area (Å²) in [6.07, 6.45) is 1.98. The van der Waals surface area contributed by atoms with E-state index in [-0.39, 0.29) is 5.82 Å². The third kappa shape index (κ3) is 2.39. The highest BCUT2D eigenvalue weighted by molar-refractivity contribution is 7.98. The number of thioether (sulfide) groups is 1. The van der Waals surface area contributed by atoms with Crippen molar-refractivity contribution in [1.29, 1.82) is 0 Å². The first kappa shape index (κ1) is 11.5. The summed E-state index contributed by atoms with van der Waals surface area (Å²) in [7, 11) is 0. The average Bonchev–Trinajstić information content (AvgIpc) is 2.67. The Morgan fingerprint density at radius 1 is 1.24 bits per heavy atom. The van der Waals surface area contributed by atoms with Gasteiger partial charge in [0.1, 0.15) is 5.82 Å². The lowest BCUT2D eigenvalue weighted by Crippen LogP contribution is -1.84. The zero-order chi connectivity index (χ0) is 12.3. The van der Waals surface area contributed by atoms with Crippen molar-refractivity contribution in [2.75, 3.05) is 17.7 Å². The lowest BCUT2D eigenvalue weighted by atomic mass is 10.3. The van der Waals surface area contributed by atoms with Crippen LogP contribution in [0, 0.1) is 0 Å². The summed E-state index contributed by atoms with van der Waals surface area (Å²) in [6.45, 7) is 0. The van der Waals surface area contributed by atoms with E-state index in [0.29, 0.717) is 11.5 Å². The molecule has 0 aliphatic heterocycles. The van der Waals surface area contributed by atoms with Crippen LogP contribution < -0.4 is 11.5 Å². The van der Waals surface area contributed by atoms with E-state index in [0.717, 1.165) is 10.6 Å². The SMILES string of the molecule is CSc1ccccc1N=Nc1c(N)n[nH]c1N. The number of nitrogens with zero attached hydrogens (tertiary/aromatic N) is 3. The highest BCUT2D eigenvalue weighted by Gasteiger charge is 2.06. The zero-order valence-electron chi connectivity index (χ0n) is 9.21. The van der Waals surface area contributed by atoms with Crippen molar-refractivity contribution in [3.63, 3.8) is 0 Å². The van der Waals surface area contributed by atoms with Gasteiger partial charge in [-0.15, -0.1) is 22.0 Å². The summed E-state index contributed by atoms with van der Waals surface area (Å²) < 4.78 is 0. The van der Waals surface area contributed by atoms with Crippen LogP contribution in [0.25, 0.3) is 0 Å². The number of H-pyrrole nitrogens is 1. The molecule has 0 amide bonds. The molecule has 2 aromatic rings. The molecule has 0 radical (unpaired) electrons.